The average Bonchev–Trinajstić information content (AvgIpc) is 2.28. The Kier molecular flexibility index (Phi) is 7.97. The molecule has 106 valence electrons. The zero-order chi connectivity index (χ0) is 14.2. The first-order valence-corrected chi connectivity index (χ1v) is 7.10. The lowest BCUT2D eigenvalue weighted by Crippen LogP contribution is -2.26. The number of allylic oxidation sites excluding steroid dienone is 2. The lowest BCUT2D eigenvalue weighted by Gasteiger charge is -2.21. The predicted molar refractivity (Wildman–Crippen MR) is 77.5 cm³/mol. The van der Waals surface area contributed by atoms with Gasteiger partial charge in [0.25, 0.3) is 0 Å². The van der Waals surface area contributed by atoms with Crippen LogP contribution in [0.5, 0.6) is 0 Å². The molecule has 18 heavy (non-hydrogen) atoms. The van der Waals surface area contributed by atoms with Gasteiger partial charge in [-0.15, -0.1) is 0 Å². The van der Waals surface area contributed by atoms with E-state index in [9.17, 15) is 4.79 Å². The number of rotatable bonds is 8. The molecule has 0 fully saturated rings. The summed E-state index contributed by atoms with van der Waals surface area (Å²) in [6, 6.07) is 0. The summed E-state index contributed by atoms with van der Waals surface area (Å²) in [6.45, 7) is 12.9. The van der Waals surface area contributed by atoms with Crippen molar-refractivity contribution in [1.82, 2.24) is 0 Å². The van der Waals surface area contributed by atoms with Crippen LogP contribution in [0.15, 0.2) is 11.6 Å². The quantitative estimate of drug-likeness (QED) is 0.462. The molecule has 0 amide bonds. The highest BCUT2D eigenvalue weighted by Crippen LogP contribution is 2.22. The van der Waals surface area contributed by atoms with Crippen LogP contribution >= 0.6 is 0 Å². The molecule has 0 saturated carbocycles. The number of carbonyl (C=O) groups is 1. The summed E-state index contributed by atoms with van der Waals surface area (Å²) in [7, 11) is 0. The van der Waals surface area contributed by atoms with Gasteiger partial charge in [0.2, 0.25) is 0 Å². The molecule has 0 rings (SSSR count). The minimum atomic E-state index is -0.342. The Morgan fingerprint density at radius 2 is 1.89 bits per heavy atom. The van der Waals surface area contributed by atoms with Crippen LogP contribution in [-0.4, -0.2) is 12.6 Å². The van der Waals surface area contributed by atoms with Crippen LogP contribution in [0.4, 0.5) is 0 Å². The Hall–Kier alpha value is -0.790. The maximum absolute atomic E-state index is 11.7. The highest BCUT2D eigenvalue weighted by atomic mass is 16.5. The minimum Gasteiger partial charge on any atom is -0.465 e. The first-order valence-electron chi connectivity index (χ1n) is 7.10. The normalized spacial score (nSPS) is 13.0. The largest absolute Gasteiger partial charge is 0.465 e. The monoisotopic (exact) mass is 254 g/mol. The zero-order valence-corrected chi connectivity index (χ0v) is 13.0. The van der Waals surface area contributed by atoms with E-state index in [1.165, 1.54) is 12.0 Å². The Morgan fingerprint density at radius 3 is 2.39 bits per heavy atom. The summed E-state index contributed by atoms with van der Waals surface area (Å²) in [6.07, 6.45) is 6.34. The third kappa shape index (κ3) is 7.52. The molecule has 0 aromatic heterocycles. The van der Waals surface area contributed by atoms with Crippen molar-refractivity contribution in [3.05, 3.63) is 11.6 Å². The maximum Gasteiger partial charge on any atom is 0.311 e. The second-order valence-corrected chi connectivity index (χ2v) is 6.13. The fourth-order valence-electron chi connectivity index (χ4n) is 1.49. The van der Waals surface area contributed by atoms with Crippen molar-refractivity contribution >= 4 is 5.97 Å². The van der Waals surface area contributed by atoms with Crippen LogP contribution in [-0.2, 0) is 9.53 Å². The average molecular weight is 254 g/mol. The highest BCUT2D eigenvalue weighted by Gasteiger charge is 2.26. The minimum absolute atomic E-state index is 0.0681. The maximum atomic E-state index is 11.7. The summed E-state index contributed by atoms with van der Waals surface area (Å²) in [5.74, 6) is 0.541. The molecular formula is C16H30O2. The van der Waals surface area contributed by atoms with E-state index in [1.54, 1.807) is 0 Å². The second-order valence-electron chi connectivity index (χ2n) is 6.13. The van der Waals surface area contributed by atoms with Gasteiger partial charge in [-0.2, -0.15) is 0 Å². The van der Waals surface area contributed by atoms with E-state index in [-0.39, 0.29) is 11.4 Å². The molecule has 0 heterocycles. The van der Waals surface area contributed by atoms with Gasteiger partial charge in [-0.05, 0) is 59.3 Å². The van der Waals surface area contributed by atoms with Gasteiger partial charge in [-0.1, -0.05) is 25.5 Å². The molecule has 1 atom stereocenters. The van der Waals surface area contributed by atoms with E-state index in [0.717, 1.165) is 19.3 Å². The molecule has 0 saturated heterocycles. The van der Waals surface area contributed by atoms with Gasteiger partial charge in [-0.3, -0.25) is 4.79 Å². The topological polar surface area (TPSA) is 26.3 Å². The molecule has 0 unspecified atom stereocenters. The highest BCUT2D eigenvalue weighted by molar-refractivity contribution is 5.75. The molecule has 2 heteroatoms. The van der Waals surface area contributed by atoms with Crippen LogP contribution in [0, 0.1) is 11.3 Å². The van der Waals surface area contributed by atoms with Gasteiger partial charge in [0.15, 0.2) is 0 Å². The Bertz CT molecular complexity index is 273. The van der Waals surface area contributed by atoms with Crippen molar-refractivity contribution in [3.63, 3.8) is 0 Å². The van der Waals surface area contributed by atoms with Crippen molar-refractivity contribution in [2.24, 2.45) is 11.3 Å². The van der Waals surface area contributed by atoms with Gasteiger partial charge in [-0.25, -0.2) is 0 Å². The summed E-state index contributed by atoms with van der Waals surface area (Å²) in [4.78, 5) is 11.7. The van der Waals surface area contributed by atoms with Crippen LogP contribution in [0.1, 0.15) is 67.2 Å². The third-order valence-electron chi connectivity index (χ3n) is 3.49. The Labute approximate surface area is 113 Å². The van der Waals surface area contributed by atoms with Gasteiger partial charge in [0.1, 0.15) is 0 Å². The number of esters is 1. The van der Waals surface area contributed by atoms with Crippen LogP contribution < -0.4 is 0 Å². The van der Waals surface area contributed by atoms with E-state index >= 15 is 0 Å². The molecule has 0 radical (unpaired) electrons. The first-order chi connectivity index (χ1) is 8.29. The molecular weight excluding hydrogens is 224 g/mol. The summed E-state index contributed by atoms with van der Waals surface area (Å²) < 4.78 is 5.34. The molecule has 0 aliphatic heterocycles. The van der Waals surface area contributed by atoms with E-state index < -0.39 is 0 Å². The number of carbonyl (C=O) groups excluding carboxylic acids is 1. The Balaban J connectivity index is 3.78. The van der Waals surface area contributed by atoms with E-state index in [0.29, 0.717) is 12.5 Å². The van der Waals surface area contributed by atoms with Crippen LogP contribution in [0.3, 0.4) is 0 Å². The summed E-state index contributed by atoms with van der Waals surface area (Å²) in [5, 5.41) is 0. The number of ether oxygens (including phenoxy) is 1. The SMILES string of the molecule is CCC(C)(C)C(=O)OCC[C@H](C)CCC=C(C)C. The van der Waals surface area contributed by atoms with E-state index in [2.05, 4.69) is 26.8 Å². The molecule has 0 aromatic rings. The molecule has 0 aliphatic rings. The number of hydrogen-bond acceptors (Lipinski definition) is 2. The van der Waals surface area contributed by atoms with Crippen molar-refractivity contribution in [2.75, 3.05) is 6.61 Å². The second kappa shape index (κ2) is 8.34. The van der Waals surface area contributed by atoms with Crippen molar-refractivity contribution < 1.29 is 9.53 Å². The molecule has 0 aliphatic carbocycles. The van der Waals surface area contributed by atoms with E-state index in [1.807, 2.05) is 20.8 Å². The smallest absolute Gasteiger partial charge is 0.311 e. The molecule has 0 bridgehead atoms. The van der Waals surface area contributed by atoms with Crippen molar-refractivity contribution in [2.45, 2.75) is 67.2 Å². The zero-order valence-electron chi connectivity index (χ0n) is 13.0. The molecule has 0 spiro atoms. The van der Waals surface area contributed by atoms with Gasteiger partial charge in [0, 0.05) is 0 Å². The lowest BCUT2D eigenvalue weighted by atomic mass is 9.91. The van der Waals surface area contributed by atoms with Crippen molar-refractivity contribution in [1.29, 1.82) is 0 Å². The van der Waals surface area contributed by atoms with E-state index in [4.69, 9.17) is 4.74 Å². The van der Waals surface area contributed by atoms with Gasteiger partial charge in [0.05, 0.1) is 12.0 Å². The number of hydrogen-bond donors (Lipinski definition) is 0. The predicted octanol–water partition coefficient (Wildman–Crippen LogP) is 4.74. The third-order valence-corrected chi connectivity index (χ3v) is 3.49. The molecule has 0 N–H and O–H groups in total. The fraction of sp³-hybridized carbons (Fsp3) is 0.812. The Morgan fingerprint density at radius 1 is 1.28 bits per heavy atom. The van der Waals surface area contributed by atoms with Crippen molar-refractivity contribution in [3.8, 4) is 0 Å². The summed E-state index contributed by atoms with van der Waals surface area (Å²) >= 11 is 0. The van der Waals surface area contributed by atoms with Crippen LogP contribution in [0.2, 0.25) is 0 Å². The van der Waals surface area contributed by atoms with Gasteiger partial charge >= 0.3 is 5.97 Å². The summed E-state index contributed by atoms with van der Waals surface area (Å²) in [5.41, 5.74) is 1.03. The lowest BCUT2D eigenvalue weighted by molar-refractivity contribution is -0.154. The fourth-order valence-corrected chi connectivity index (χ4v) is 1.49. The standard InChI is InChI=1S/C16H30O2/c1-7-16(5,6)15(17)18-12-11-14(4)10-8-9-13(2)3/h9,14H,7-8,10-12H2,1-6H3/t14-/m1/s1. The van der Waals surface area contributed by atoms with Crippen LogP contribution in [0.25, 0.3) is 0 Å². The molecule has 2 nitrogen and oxygen atoms in total. The van der Waals surface area contributed by atoms with Gasteiger partial charge < -0.3 is 4.74 Å². The first kappa shape index (κ1) is 17.2. The molecule has 0 aromatic carbocycles.